The van der Waals surface area contributed by atoms with Gasteiger partial charge in [0.15, 0.2) is 11.6 Å². The molecular weight excluding hydrogens is 268 g/mol. The number of fused-ring (bicyclic) bond motifs is 1. The third-order valence-corrected chi connectivity index (χ3v) is 2.40. The van der Waals surface area contributed by atoms with Crippen molar-refractivity contribution in [3.63, 3.8) is 0 Å². The third kappa shape index (κ3) is 3.23. The average Bonchev–Trinajstić information content (AvgIpc) is 2.73. The van der Waals surface area contributed by atoms with Gasteiger partial charge < -0.3 is 15.0 Å². The maximum Gasteiger partial charge on any atom is 0.408 e. The van der Waals surface area contributed by atoms with Gasteiger partial charge in [-0.05, 0) is 32.9 Å². The predicted octanol–water partition coefficient (Wildman–Crippen LogP) is 2.87. The monoisotopic (exact) mass is 283 g/mol. The Morgan fingerprint density at radius 1 is 1.40 bits per heavy atom. The molecule has 2 rings (SSSR count). The zero-order valence-corrected chi connectivity index (χ0v) is 11.4. The number of hydrogen-bond acceptors (Lipinski definition) is 3. The minimum Gasteiger partial charge on any atom is -0.444 e. The average molecular weight is 283 g/mol. The number of carbonyl (C=O) groups excluding carboxylic acids is 1. The van der Waals surface area contributed by atoms with E-state index in [1.54, 1.807) is 20.8 Å². The Labute approximate surface area is 114 Å². The molecule has 0 aliphatic carbocycles. The number of H-pyrrole nitrogens is 1. The minimum atomic E-state index is -0.987. The number of amides is 1. The van der Waals surface area contributed by atoms with E-state index in [9.17, 15) is 13.6 Å². The number of ether oxygens (including phenoxy) is 1. The Hall–Kier alpha value is -2.18. The first-order chi connectivity index (χ1) is 9.26. The number of rotatable bonds is 2. The molecule has 1 heterocycles. The first kappa shape index (κ1) is 14.2. The molecule has 108 valence electrons. The van der Waals surface area contributed by atoms with Gasteiger partial charge in [-0.15, -0.1) is 0 Å². The van der Waals surface area contributed by atoms with Gasteiger partial charge in [-0.2, -0.15) is 0 Å². The highest BCUT2D eigenvalue weighted by atomic mass is 19.2. The molecule has 0 fully saturated rings. The van der Waals surface area contributed by atoms with Crippen molar-refractivity contribution >= 4 is 17.1 Å². The fraction of sp³-hybridized carbons (Fsp3) is 0.385. The Morgan fingerprint density at radius 2 is 2.10 bits per heavy atom. The molecule has 0 atom stereocenters. The zero-order valence-electron chi connectivity index (χ0n) is 11.4. The first-order valence-corrected chi connectivity index (χ1v) is 6.06. The van der Waals surface area contributed by atoms with Gasteiger partial charge in [0.25, 0.3) is 0 Å². The summed E-state index contributed by atoms with van der Waals surface area (Å²) in [6.45, 7) is 5.26. The van der Waals surface area contributed by atoms with Gasteiger partial charge in [0.05, 0.1) is 12.1 Å². The summed E-state index contributed by atoms with van der Waals surface area (Å²) in [6.07, 6.45) is -0.607. The Kier molecular flexibility index (Phi) is 3.61. The van der Waals surface area contributed by atoms with Crippen LogP contribution < -0.4 is 5.32 Å². The van der Waals surface area contributed by atoms with Crippen LogP contribution in [0.1, 0.15) is 26.6 Å². The minimum absolute atomic E-state index is 0.0222. The van der Waals surface area contributed by atoms with Crippen LogP contribution in [0.25, 0.3) is 11.0 Å². The summed E-state index contributed by atoms with van der Waals surface area (Å²) in [7, 11) is 0. The molecule has 1 aromatic heterocycles. The van der Waals surface area contributed by atoms with E-state index in [0.29, 0.717) is 11.3 Å². The third-order valence-electron chi connectivity index (χ3n) is 2.40. The van der Waals surface area contributed by atoms with E-state index in [1.807, 2.05) is 0 Å². The zero-order chi connectivity index (χ0) is 14.9. The van der Waals surface area contributed by atoms with Crippen LogP contribution in [0.3, 0.4) is 0 Å². The molecular formula is C13H15F2N3O2. The van der Waals surface area contributed by atoms with Crippen LogP contribution in [-0.2, 0) is 11.3 Å². The van der Waals surface area contributed by atoms with Crippen LogP contribution in [0.2, 0.25) is 0 Å². The van der Waals surface area contributed by atoms with Crippen LogP contribution in [0, 0.1) is 11.6 Å². The van der Waals surface area contributed by atoms with Gasteiger partial charge in [0, 0.05) is 0 Å². The molecule has 0 unspecified atom stereocenters. The number of aromatic amines is 1. The van der Waals surface area contributed by atoms with Gasteiger partial charge >= 0.3 is 6.09 Å². The molecule has 0 spiro atoms. The van der Waals surface area contributed by atoms with E-state index in [1.165, 1.54) is 6.07 Å². The largest absolute Gasteiger partial charge is 0.444 e. The number of imidazole rings is 1. The molecule has 0 saturated carbocycles. The fourth-order valence-corrected chi connectivity index (χ4v) is 1.62. The molecule has 0 bridgehead atoms. The van der Waals surface area contributed by atoms with Crippen molar-refractivity contribution in [2.45, 2.75) is 32.9 Å². The van der Waals surface area contributed by atoms with Crippen LogP contribution >= 0.6 is 0 Å². The SMILES string of the molecule is CC(C)(C)OC(=O)NCc1nc2ccc(F)c(F)c2[nH]1. The maximum atomic E-state index is 13.5. The summed E-state index contributed by atoms with van der Waals surface area (Å²) < 4.78 is 31.6. The molecule has 2 N–H and O–H groups in total. The molecule has 0 aliphatic heterocycles. The van der Waals surface area contributed by atoms with E-state index in [2.05, 4.69) is 15.3 Å². The molecule has 1 amide bonds. The lowest BCUT2D eigenvalue weighted by molar-refractivity contribution is 0.0522. The quantitative estimate of drug-likeness (QED) is 0.890. The second-order valence-electron chi connectivity index (χ2n) is 5.29. The van der Waals surface area contributed by atoms with Crippen LogP contribution in [0.5, 0.6) is 0 Å². The number of hydrogen-bond donors (Lipinski definition) is 2. The van der Waals surface area contributed by atoms with E-state index >= 15 is 0 Å². The lowest BCUT2D eigenvalue weighted by atomic mass is 10.2. The summed E-state index contributed by atoms with van der Waals surface area (Å²) in [5.74, 6) is -1.62. The molecule has 0 radical (unpaired) electrons. The summed E-state index contributed by atoms with van der Waals surface area (Å²) >= 11 is 0. The van der Waals surface area contributed by atoms with Crippen LogP contribution in [0.15, 0.2) is 12.1 Å². The fourth-order valence-electron chi connectivity index (χ4n) is 1.62. The number of benzene rings is 1. The van der Waals surface area contributed by atoms with Crippen molar-refractivity contribution in [1.29, 1.82) is 0 Å². The number of nitrogens with one attached hydrogen (secondary N) is 2. The number of alkyl carbamates (subject to hydrolysis) is 1. The van der Waals surface area contributed by atoms with Gasteiger partial charge in [-0.25, -0.2) is 18.6 Å². The molecule has 0 saturated heterocycles. The normalized spacial score (nSPS) is 11.7. The Morgan fingerprint density at radius 3 is 2.75 bits per heavy atom. The summed E-state index contributed by atoms with van der Waals surface area (Å²) in [5.41, 5.74) is -0.330. The van der Waals surface area contributed by atoms with E-state index in [-0.39, 0.29) is 12.1 Å². The van der Waals surface area contributed by atoms with E-state index in [4.69, 9.17) is 4.74 Å². The van der Waals surface area contributed by atoms with Crippen LogP contribution in [-0.4, -0.2) is 21.7 Å². The Bertz CT molecular complexity index is 647. The second kappa shape index (κ2) is 5.07. The maximum absolute atomic E-state index is 13.5. The number of halogens is 2. The highest BCUT2D eigenvalue weighted by Crippen LogP contribution is 2.18. The van der Waals surface area contributed by atoms with Crippen molar-refractivity contribution in [3.8, 4) is 0 Å². The molecule has 0 aliphatic rings. The Balaban J connectivity index is 2.08. The molecule has 5 nitrogen and oxygen atoms in total. The smallest absolute Gasteiger partial charge is 0.408 e. The number of carbonyl (C=O) groups is 1. The number of nitrogens with zero attached hydrogens (tertiary/aromatic N) is 1. The lowest BCUT2D eigenvalue weighted by Gasteiger charge is -2.19. The first-order valence-electron chi connectivity index (χ1n) is 6.06. The molecule has 1 aromatic carbocycles. The highest BCUT2D eigenvalue weighted by Gasteiger charge is 2.17. The standard InChI is InChI=1S/C13H15F2N3O2/c1-13(2,3)20-12(19)16-6-9-17-8-5-4-7(14)10(15)11(8)18-9/h4-5H,6H2,1-3H3,(H,16,19)(H,17,18). The topological polar surface area (TPSA) is 67.0 Å². The number of aromatic nitrogens is 2. The lowest BCUT2D eigenvalue weighted by Crippen LogP contribution is -2.32. The predicted molar refractivity (Wildman–Crippen MR) is 69.1 cm³/mol. The van der Waals surface area contributed by atoms with Gasteiger partial charge in [0.1, 0.15) is 16.9 Å². The van der Waals surface area contributed by atoms with Gasteiger partial charge in [0.2, 0.25) is 0 Å². The molecule has 7 heteroatoms. The summed E-state index contributed by atoms with van der Waals surface area (Å²) in [6, 6.07) is 2.37. The highest BCUT2D eigenvalue weighted by molar-refractivity contribution is 5.76. The van der Waals surface area contributed by atoms with Gasteiger partial charge in [-0.1, -0.05) is 0 Å². The van der Waals surface area contributed by atoms with Crippen molar-refractivity contribution in [1.82, 2.24) is 15.3 Å². The molecule has 20 heavy (non-hydrogen) atoms. The van der Waals surface area contributed by atoms with E-state index < -0.39 is 23.3 Å². The van der Waals surface area contributed by atoms with Crippen molar-refractivity contribution in [2.24, 2.45) is 0 Å². The van der Waals surface area contributed by atoms with Crippen molar-refractivity contribution in [3.05, 3.63) is 29.6 Å². The van der Waals surface area contributed by atoms with Crippen molar-refractivity contribution in [2.75, 3.05) is 0 Å². The van der Waals surface area contributed by atoms with E-state index in [0.717, 1.165) is 6.07 Å². The molecule has 2 aromatic rings. The van der Waals surface area contributed by atoms with Crippen molar-refractivity contribution < 1.29 is 18.3 Å². The summed E-state index contributed by atoms with van der Waals surface area (Å²) in [5, 5.41) is 2.48. The summed E-state index contributed by atoms with van der Waals surface area (Å²) in [4.78, 5) is 18.1. The van der Waals surface area contributed by atoms with Gasteiger partial charge in [-0.3, -0.25) is 0 Å². The second-order valence-corrected chi connectivity index (χ2v) is 5.29. The van der Waals surface area contributed by atoms with Crippen LogP contribution in [0.4, 0.5) is 13.6 Å².